The molecule has 1 aliphatic rings. The van der Waals surface area contributed by atoms with E-state index in [0.717, 1.165) is 11.5 Å². The van der Waals surface area contributed by atoms with Crippen LogP contribution < -0.4 is 10.1 Å². The zero-order valence-electron chi connectivity index (χ0n) is 11.5. The summed E-state index contributed by atoms with van der Waals surface area (Å²) in [5.74, 6) is 2.12. The van der Waals surface area contributed by atoms with Crippen LogP contribution >= 0.6 is 11.8 Å². The van der Waals surface area contributed by atoms with E-state index in [4.69, 9.17) is 4.74 Å². The Morgan fingerprint density at radius 3 is 2.44 bits per heavy atom. The predicted octanol–water partition coefficient (Wildman–Crippen LogP) is 3.63. The predicted molar refractivity (Wildman–Crippen MR) is 79.5 cm³/mol. The second-order valence-electron chi connectivity index (χ2n) is 5.11. The first-order valence-electron chi connectivity index (χ1n) is 6.74. The zero-order chi connectivity index (χ0) is 13.0. The molecule has 1 fully saturated rings. The molecular formula is C15H23NOS. The van der Waals surface area contributed by atoms with Gasteiger partial charge in [-0.05, 0) is 42.8 Å². The topological polar surface area (TPSA) is 21.3 Å². The maximum absolute atomic E-state index is 5.77. The van der Waals surface area contributed by atoms with Gasteiger partial charge in [0.1, 0.15) is 5.75 Å². The van der Waals surface area contributed by atoms with Gasteiger partial charge in [0.15, 0.2) is 0 Å². The number of hydrogen-bond acceptors (Lipinski definition) is 3. The first-order chi connectivity index (χ1) is 8.69. The number of hydrogen-bond donors (Lipinski definition) is 1. The molecule has 1 aromatic rings. The molecule has 3 heteroatoms. The van der Waals surface area contributed by atoms with Crippen molar-refractivity contribution in [2.75, 3.05) is 12.8 Å². The Balaban J connectivity index is 1.92. The summed E-state index contributed by atoms with van der Waals surface area (Å²) in [6.45, 7) is 4.48. The van der Waals surface area contributed by atoms with E-state index >= 15 is 0 Å². The minimum Gasteiger partial charge on any atom is -0.490 e. The molecule has 100 valence electrons. The molecule has 0 aromatic heterocycles. The van der Waals surface area contributed by atoms with E-state index in [-0.39, 0.29) is 0 Å². The lowest BCUT2D eigenvalue weighted by molar-refractivity contribution is 0.303. The van der Waals surface area contributed by atoms with Gasteiger partial charge in [-0.1, -0.05) is 26.0 Å². The molecule has 1 unspecified atom stereocenters. The van der Waals surface area contributed by atoms with Gasteiger partial charge in [-0.15, -0.1) is 0 Å². The number of ether oxygens (including phenoxy) is 1. The average molecular weight is 265 g/mol. The molecule has 1 N–H and O–H groups in total. The summed E-state index contributed by atoms with van der Waals surface area (Å²) in [6, 6.07) is 8.97. The minimum absolute atomic E-state index is 0.423. The molecule has 0 aliphatic heterocycles. The van der Waals surface area contributed by atoms with E-state index in [1.165, 1.54) is 18.4 Å². The van der Waals surface area contributed by atoms with Crippen LogP contribution in [-0.4, -0.2) is 24.2 Å². The van der Waals surface area contributed by atoms with Crippen LogP contribution in [0.3, 0.4) is 0 Å². The fraction of sp³-hybridized carbons (Fsp3) is 0.600. The molecule has 1 aromatic carbocycles. The number of benzene rings is 1. The first-order valence-corrected chi connectivity index (χ1v) is 7.79. The quantitative estimate of drug-likeness (QED) is 0.813. The van der Waals surface area contributed by atoms with Gasteiger partial charge in [0.2, 0.25) is 0 Å². The zero-order valence-corrected chi connectivity index (χ0v) is 12.3. The summed E-state index contributed by atoms with van der Waals surface area (Å²) in [5.41, 5.74) is 1.34. The highest BCUT2D eigenvalue weighted by atomic mass is 32.2. The van der Waals surface area contributed by atoms with Gasteiger partial charge in [0.05, 0.1) is 6.10 Å². The number of nitrogens with one attached hydrogen (secondary N) is 1. The van der Waals surface area contributed by atoms with E-state index in [0.29, 0.717) is 17.4 Å². The molecular weight excluding hydrogens is 242 g/mol. The van der Waals surface area contributed by atoms with Crippen molar-refractivity contribution in [3.8, 4) is 5.75 Å². The SMILES string of the molecule is CNC(CSC(C)C)c1ccc(OC2CC2)cc1. The molecule has 2 nitrogen and oxygen atoms in total. The van der Waals surface area contributed by atoms with Gasteiger partial charge >= 0.3 is 0 Å². The molecule has 2 rings (SSSR count). The average Bonchev–Trinajstić information content (AvgIpc) is 3.15. The lowest BCUT2D eigenvalue weighted by atomic mass is 10.1. The smallest absolute Gasteiger partial charge is 0.119 e. The van der Waals surface area contributed by atoms with Crippen molar-refractivity contribution in [3.63, 3.8) is 0 Å². The van der Waals surface area contributed by atoms with Crippen LogP contribution in [0.25, 0.3) is 0 Å². The third-order valence-electron chi connectivity index (χ3n) is 3.05. The van der Waals surface area contributed by atoms with Crippen LogP contribution in [0.15, 0.2) is 24.3 Å². The standard InChI is InChI=1S/C15H23NOS/c1-11(2)18-10-15(16-3)12-4-6-13(7-5-12)17-14-8-9-14/h4-7,11,14-16H,8-10H2,1-3H3. The van der Waals surface area contributed by atoms with Crippen molar-refractivity contribution in [2.45, 2.75) is 44.1 Å². The van der Waals surface area contributed by atoms with Crippen molar-refractivity contribution < 1.29 is 4.74 Å². The third-order valence-corrected chi connectivity index (χ3v) is 4.25. The van der Waals surface area contributed by atoms with E-state index in [1.54, 1.807) is 0 Å². The van der Waals surface area contributed by atoms with Crippen molar-refractivity contribution in [1.82, 2.24) is 5.32 Å². The monoisotopic (exact) mass is 265 g/mol. The van der Waals surface area contributed by atoms with Gasteiger partial charge < -0.3 is 10.1 Å². The Kier molecular flexibility index (Phi) is 4.95. The fourth-order valence-corrected chi connectivity index (χ4v) is 2.73. The van der Waals surface area contributed by atoms with Gasteiger partial charge in [0, 0.05) is 11.8 Å². The highest BCUT2D eigenvalue weighted by Gasteiger charge is 2.23. The maximum atomic E-state index is 5.77. The van der Waals surface area contributed by atoms with Crippen LogP contribution in [0.2, 0.25) is 0 Å². The maximum Gasteiger partial charge on any atom is 0.119 e. The molecule has 0 saturated heterocycles. The van der Waals surface area contributed by atoms with Crippen LogP contribution in [0.4, 0.5) is 0 Å². The van der Waals surface area contributed by atoms with E-state index < -0.39 is 0 Å². The first kappa shape index (κ1) is 13.8. The van der Waals surface area contributed by atoms with Gasteiger partial charge in [0.25, 0.3) is 0 Å². The summed E-state index contributed by atoms with van der Waals surface area (Å²) in [7, 11) is 2.03. The summed E-state index contributed by atoms with van der Waals surface area (Å²) in [4.78, 5) is 0. The molecule has 1 aliphatic carbocycles. The van der Waals surface area contributed by atoms with Crippen LogP contribution in [0, 0.1) is 0 Å². The Labute approximate surface area is 114 Å². The Hall–Kier alpha value is -0.670. The highest BCUT2D eigenvalue weighted by Crippen LogP contribution is 2.28. The molecule has 0 bridgehead atoms. The summed E-state index contributed by atoms with van der Waals surface area (Å²) >= 11 is 1.99. The van der Waals surface area contributed by atoms with Crippen LogP contribution in [-0.2, 0) is 0 Å². The largest absolute Gasteiger partial charge is 0.490 e. The molecule has 0 heterocycles. The fourth-order valence-electron chi connectivity index (χ4n) is 1.79. The minimum atomic E-state index is 0.423. The summed E-state index contributed by atoms with van der Waals surface area (Å²) < 4.78 is 5.77. The molecule has 18 heavy (non-hydrogen) atoms. The van der Waals surface area contributed by atoms with Gasteiger partial charge in [-0.2, -0.15) is 11.8 Å². The molecule has 1 saturated carbocycles. The van der Waals surface area contributed by atoms with Crippen molar-refractivity contribution in [1.29, 1.82) is 0 Å². The summed E-state index contributed by atoms with van der Waals surface area (Å²) in [6.07, 6.45) is 2.91. The third kappa shape index (κ3) is 4.21. The second kappa shape index (κ2) is 6.48. The van der Waals surface area contributed by atoms with Crippen LogP contribution in [0.1, 0.15) is 38.3 Å². The van der Waals surface area contributed by atoms with Crippen LogP contribution in [0.5, 0.6) is 5.75 Å². The Morgan fingerprint density at radius 2 is 1.94 bits per heavy atom. The van der Waals surface area contributed by atoms with Crippen molar-refractivity contribution in [2.24, 2.45) is 0 Å². The molecule has 0 spiro atoms. The van der Waals surface area contributed by atoms with Crippen molar-refractivity contribution >= 4 is 11.8 Å². The number of thioether (sulfide) groups is 1. The Morgan fingerprint density at radius 1 is 1.28 bits per heavy atom. The summed E-state index contributed by atoms with van der Waals surface area (Å²) in [5, 5.41) is 4.06. The highest BCUT2D eigenvalue weighted by molar-refractivity contribution is 7.99. The second-order valence-corrected chi connectivity index (χ2v) is 6.72. The number of rotatable bonds is 7. The van der Waals surface area contributed by atoms with Crippen molar-refractivity contribution in [3.05, 3.63) is 29.8 Å². The normalized spacial score (nSPS) is 16.9. The molecule has 0 radical (unpaired) electrons. The van der Waals surface area contributed by atoms with E-state index in [9.17, 15) is 0 Å². The van der Waals surface area contributed by atoms with E-state index in [1.807, 2.05) is 18.8 Å². The van der Waals surface area contributed by atoms with Gasteiger partial charge in [-0.3, -0.25) is 0 Å². The van der Waals surface area contributed by atoms with Gasteiger partial charge in [-0.25, -0.2) is 0 Å². The molecule has 1 atom stereocenters. The van der Waals surface area contributed by atoms with E-state index in [2.05, 4.69) is 43.4 Å². The molecule has 0 amide bonds. The Bertz CT molecular complexity index is 359. The lowest BCUT2D eigenvalue weighted by Gasteiger charge is -2.18. The lowest BCUT2D eigenvalue weighted by Crippen LogP contribution is -2.19.